The van der Waals surface area contributed by atoms with Crippen LogP contribution >= 0.6 is 11.8 Å². The molecule has 176 valence electrons. The summed E-state index contributed by atoms with van der Waals surface area (Å²) in [5.74, 6) is -0.159. The van der Waals surface area contributed by atoms with Crippen molar-refractivity contribution in [2.75, 3.05) is 18.5 Å². The van der Waals surface area contributed by atoms with Crippen molar-refractivity contribution in [1.29, 1.82) is 0 Å². The monoisotopic (exact) mass is 477 g/mol. The van der Waals surface area contributed by atoms with E-state index in [1.54, 1.807) is 13.0 Å². The van der Waals surface area contributed by atoms with E-state index in [0.29, 0.717) is 17.0 Å². The summed E-state index contributed by atoms with van der Waals surface area (Å²) in [5.41, 5.74) is 4.61. The summed E-state index contributed by atoms with van der Waals surface area (Å²) < 4.78 is 11.3. The normalized spacial score (nSPS) is 16.8. The summed E-state index contributed by atoms with van der Waals surface area (Å²) >= 11 is 1.49. The van der Waals surface area contributed by atoms with Crippen LogP contribution in [-0.4, -0.2) is 35.2 Å². The van der Waals surface area contributed by atoms with Gasteiger partial charge in [-0.2, -0.15) is 0 Å². The van der Waals surface area contributed by atoms with E-state index in [4.69, 9.17) is 9.47 Å². The smallest absolute Gasteiger partial charge is 0.338 e. The van der Waals surface area contributed by atoms with Gasteiger partial charge in [0, 0.05) is 17.5 Å². The maximum atomic E-state index is 12.9. The molecule has 0 spiro atoms. The molecule has 2 aromatic rings. The lowest BCUT2D eigenvalue weighted by Crippen LogP contribution is -2.34. The van der Waals surface area contributed by atoms with Crippen LogP contribution in [0.3, 0.4) is 0 Å². The van der Waals surface area contributed by atoms with Crippen LogP contribution < -0.4 is 10.1 Å². The Balaban J connectivity index is 1.60. The Hall–Kier alpha value is -3.52. The number of nitrogens with zero attached hydrogens (tertiary/aromatic N) is 2. The largest absolute Gasteiger partial charge is 0.483 e. The predicted octanol–water partition coefficient (Wildman–Crippen LogP) is 5.09. The Kier molecular flexibility index (Phi) is 7.07. The zero-order chi connectivity index (χ0) is 24.2. The predicted molar refractivity (Wildman–Crippen MR) is 135 cm³/mol. The van der Waals surface area contributed by atoms with Crippen LogP contribution in [0.15, 0.2) is 70.3 Å². The van der Waals surface area contributed by atoms with Crippen molar-refractivity contribution >= 4 is 34.5 Å². The van der Waals surface area contributed by atoms with Gasteiger partial charge in [0.2, 0.25) is 0 Å². The number of nitrogens with one attached hydrogen (secondary N) is 1. The first-order valence-corrected chi connectivity index (χ1v) is 11.9. The average molecular weight is 478 g/mol. The highest BCUT2D eigenvalue weighted by Crippen LogP contribution is 2.43. The van der Waals surface area contributed by atoms with Crippen molar-refractivity contribution in [3.8, 4) is 5.75 Å². The molecule has 8 heteroatoms. The van der Waals surface area contributed by atoms with Crippen LogP contribution in [0, 0.1) is 13.8 Å². The molecule has 0 aliphatic carbocycles. The van der Waals surface area contributed by atoms with Gasteiger partial charge in [-0.25, -0.2) is 9.79 Å². The molecule has 0 fully saturated rings. The van der Waals surface area contributed by atoms with Gasteiger partial charge in [-0.05, 0) is 56.4 Å². The zero-order valence-corrected chi connectivity index (χ0v) is 20.4. The summed E-state index contributed by atoms with van der Waals surface area (Å²) in [6, 6.07) is 12.9. The first kappa shape index (κ1) is 23.6. The highest BCUT2D eigenvalue weighted by Gasteiger charge is 2.38. The molecule has 1 N–H and O–H groups in total. The minimum Gasteiger partial charge on any atom is -0.483 e. The van der Waals surface area contributed by atoms with E-state index in [0.717, 1.165) is 27.5 Å². The first-order chi connectivity index (χ1) is 16.4. The molecule has 0 radical (unpaired) electrons. The van der Waals surface area contributed by atoms with Gasteiger partial charge in [0.15, 0.2) is 11.8 Å². The summed E-state index contributed by atoms with van der Waals surface area (Å²) in [6.07, 6.45) is 1.89. The van der Waals surface area contributed by atoms with Crippen molar-refractivity contribution in [1.82, 2.24) is 4.90 Å². The molecule has 0 bridgehead atoms. The lowest BCUT2D eigenvalue weighted by molar-refractivity contribution is -0.139. The first-order valence-electron chi connectivity index (χ1n) is 11.1. The third-order valence-electron chi connectivity index (χ3n) is 5.56. The molecule has 2 heterocycles. The number of para-hydroxylation sites is 1. The minimum absolute atomic E-state index is 0.167. The summed E-state index contributed by atoms with van der Waals surface area (Å²) in [6.45, 7) is 7.60. The van der Waals surface area contributed by atoms with Crippen molar-refractivity contribution in [2.24, 2.45) is 4.99 Å². The van der Waals surface area contributed by atoms with E-state index >= 15 is 0 Å². The molecule has 1 atom stereocenters. The lowest BCUT2D eigenvalue weighted by atomic mass is 9.94. The van der Waals surface area contributed by atoms with Crippen LogP contribution in [0.4, 0.5) is 5.69 Å². The maximum Gasteiger partial charge on any atom is 0.338 e. The molecule has 2 aliphatic heterocycles. The van der Waals surface area contributed by atoms with E-state index in [1.807, 2.05) is 73.7 Å². The molecule has 0 saturated carbocycles. The van der Waals surface area contributed by atoms with Gasteiger partial charge in [0.25, 0.3) is 5.91 Å². The Bertz CT molecular complexity index is 1220. The summed E-state index contributed by atoms with van der Waals surface area (Å²) in [5, 5.41) is 5.62. The number of carbonyl (C=O) groups excluding carboxylic acids is 2. The standard InChI is InChI=1S/C26H27N3O4S/c1-5-32-25(31)23-18(4)27-26-29(12-13-34-26)24(23)19-8-6-7-9-21(19)33-15-22(30)28-20-14-16(2)10-11-17(20)3/h6-14,24H,5,15H2,1-4H3,(H,28,30)/t24-/m0/s1. The number of allylic oxidation sites excluding steroid dienone is 1. The number of hydrogen-bond acceptors (Lipinski definition) is 7. The molecular weight excluding hydrogens is 450 g/mol. The van der Waals surface area contributed by atoms with Gasteiger partial charge < -0.3 is 19.7 Å². The molecule has 4 rings (SSSR count). The average Bonchev–Trinajstić information content (AvgIpc) is 3.27. The van der Waals surface area contributed by atoms with Gasteiger partial charge in [-0.1, -0.05) is 42.1 Å². The van der Waals surface area contributed by atoms with E-state index in [2.05, 4.69) is 10.3 Å². The van der Waals surface area contributed by atoms with Crippen LogP contribution in [0.25, 0.3) is 0 Å². The van der Waals surface area contributed by atoms with Crippen molar-refractivity contribution in [3.63, 3.8) is 0 Å². The van der Waals surface area contributed by atoms with Crippen molar-refractivity contribution in [3.05, 3.63) is 82.0 Å². The second kappa shape index (κ2) is 10.2. The maximum absolute atomic E-state index is 12.9. The van der Waals surface area contributed by atoms with E-state index in [1.165, 1.54) is 11.8 Å². The van der Waals surface area contributed by atoms with Crippen LogP contribution in [0.2, 0.25) is 0 Å². The molecule has 0 aromatic heterocycles. The number of hydrogen-bond donors (Lipinski definition) is 1. The fraction of sp³-hybridized carbons (Fsp3) is 0.269. The summed E-state index contributed by atoms with van der Waals surface area (Å²) in [4.78, 5) is 32.1. The number of amides is 1. The molecular formula is C26H27N3O4S. The number of amidine groups is 1. The molecule has 2 aliphatic rings. The highest BCUT2D eigenvalue weighted by atomic mass is 32.2. The molecule has 34 heavy (non-hydrogen) atoms. The Labute approximate surface area is 203 Å². The fourth-order valence-electron chi connectivity index (χ4n) is 3.91. The van der Waals surface area contributed by atoms with Gasteiger partial charge in [0.1, 0.15) is 5.75 Å². The second-order valence-electron chi connectivity index (χ2n) is 8.02. The number of esters is 1. The minimum atomic E-state index is -0.476. The highest BCUT2D eigenvalue weighted by molar-refractivity contribution is 8.16. The van der Waals surface area contributed by atoms with Crippen molar-refractivity contribution in [2.45, 2.75) is 33.7 Å². The molecule has 0 unspecified atom stereocenters. The third kappa shape index (κ3) is 4.87. The van der Waals surface area contributed by atoms with E-state index in [9.17, 15) is 9.59 Å². The number of benzene rings is 2. The lowest BCUT2D eigenvalue weighted by Gasteiger charge is -2.34. The Morgan fingerprint density at radius 1 is 1.15 bits per heavy atom. The topological polar surface area (TPSA) is 80.2 Å². The number of carbonyl (C=O) groups is 2. The van der Waals surface area contributed by atoms with Gasteiger partial charge in [-0.15, -0.1) is 0 Å². The zero-order valence-electron chi connectivity index (χ0n) is 19.6. The Morgan fingerprint density at radius 3 is 2.74 bits per heavy atom. The third-order valence-corrected chi connectivity index (χ3v) is 6.33. The van der Waals surface area contributed by atoms with Crippen LogP contribution in [-0.2, 0) is 14.3 Å². The molecule has 0 saturated heterocycles. The number of fused-ring (bicyclic) bond motifs is 1. The number of aliphatic imine (C=N–C) groups is 1. The number of aryl methyl sites for hydroxylation is 2. The number of rotatable bonds is 7. The van der Waals surface area contributed by atoms with Crippen molar-refractivity contribution < 1.29 is 19.1 Å². The van der Waals surface area contributed by atoms with Gasteiger partial charge >= 0.3 is 5.97 Å². The number of ether oxygens (including phenoxy) is 2. The Morgan fingerprint density at radius 2 is 1.94 bits per heavy atom. The number of thioether (sulfide) groups is 1. The molecule has 7 nitrogen and oxygen atoms in total. The quantitative estimate of drug-likeness (QED) is 0.560. The molecule has 1 amide bonds. The summed E-state index contributed by atoms with van der Waals surface area (Å²) in [7, 11) is 0. The van der Waals surface area contributed by atoms with Crippen LogP contribution in [0.1, 0.15) is 36.6 Å². The van der Waals surface area contributed by atoms with E-state index in [-0.39, 0.29) is 19.1 Å². The van der Waals surface area contributed by atoms with Gasteiger partial charge in [-0.3, -0.25) is 4.79 Å². The SMILES string of the molecule is CCOC(=O)C1=C(C)N=C2SC=CN2[C@H]1c1ccccc1OCC(=O)Nc1cc(C)ccc1C. The molecule has 2 aromatic carbocycles. The second-order valence-corrected chi connectivity index (χ2v) is 8.89. The van der Waals surface area contributed by atoms with E-state index < -0.39 is 12.0 Å². The van der Waals surface area contributed by atoms with Crippen LogP contribution in [0.5, 0.6) is 5.75 Å². The number of anilines is 1. The van der Waals surface area contributed by atoms with Gasteiger partial charge in [0.05, 0.1) is 23.9 Å². The fourth-order valence-corrected chi connectivity index (χ4v) is 4.71.